The molecule has 4 aliphatic carbocycles. The maximum atomic E-state index is 5.89. The van der Waals surface area contributed by atoms with Gasteiger partial charge in [-0.15, -0.1) is 0 Å². The lowest BCUT2D eigenvalue weighted by molar-refractivity contribution is -0.0614. The second kappa shape index (κ2) is 5.58. The molecule has 3 nitrogen and oxygen atoms in total. The van der Waals surface area contributed by atoms with Crippen LogP contribution in [0.25, 0.3) is 0 Å². The molecule has 0 radical (unpaired) electrons. The van der Waals surface area contributed by atoms with Crippen molar-refractivity contribution in [2.24, 2.45) is 45.7 Å². The van der Waals surface area contributed by atoms with Gasteiger partial charge in [-0.3, -0.25) is 0 Å². The van der Waals surface area contributed by atoms with Gasteiger partial charge in [-0.1, -0.05) is 12.8 Å². The largest absolute Gasteiger partial charge is 0.355 e. The van der Waals surface area contributed by atoms with Crippen molar-refractivity contribution in [2.75, 3.05) is 7.11 Å². The molecule has 0 aliphatic heterocycles. The van der Waals surface area contributed by atoms with Gasteiger partial charge < -0.3 is 4.74 Å². The van der Waals surface area contributed by atoms with Crippen LogP contribution in [-0.2, 0) is 4.74 Å². The Hall–Kier alpha value is -0.440. The zero-order valence-electron chi connectivity index (χ0n) is 14.5. The summed E-state index contributed by atoms with van der Waals surface area (Å²) in [5, 5.41) is 9.60. The minimum atomic E-state index is -0.383. The second-order valence-electron chi connectivity index (χ2n) is 8.83. The van der Waals surface area contributed by atoms with Crippen LogP contribution in [0.1, 0.15) is 65.2 Å². The molecular weight excluding hydrogens is 272 g/mol. The average molecular weight is 304 g/mol. The highest BCUT2D eigenvalue weighted by molar-refractivity contribution is 4.98. The summed E-state index contributed by atoms with van der Waals surface area (Å²) in [4.78, 5) is 0. The number of hydrogen-bond donors (Lipinski definition) is 0. The summed E-state index contributed by atoms with van der Waals surface area (Å²) in [6, 6.07) is 0.378. The van der Waals surface area contributed by atoms with E-state index in [1.165, 1.54) is 51.4 Å². The molecule has 4 fully saturated rings. The third-order valence-corrected chi connectivity index (χ3v) is 7.69. The van der Waals surface area contributed by atoms with E-state index < -0.39 is 0 Å². The number of hydrogen-bond acceptors (Lipinski definition) is 3. The van der Waals surface area contributed by atoms with E-state index in [0.29, 0.717) is 12.0 Å². The summed E-state index contributed by atoms with van der Waals surface area (Å²) in [7, 11) is 1.83. The molecule has 8 unspecified atom stereocenters. The molecule has 124 valence electrons. The summed E-state index contributed by atoms with van der Waals surface area (Å²) in [5.74, 6) is 5.05. The predicted molar refractivity (Wildman–Crippen MR) is 87.6 cm³/mol. The highest BCUT2D eigenvalue weighted by Gasteiger charge is 2.49. The summed E-state index contributed by atoms with van der Waals surface area (Å²) >= 11 is 0. The minimum Gasteiger partial charge on any atom is -0.355 e. The molecule has 0 aromatic carbocycles. The number of methoxy groups -OCH3 is 1. The van der Waals surface area contributed by atoms with Crippen molar-refractivity contribution in [3.05, 3.63) is 0 Å². The van der Waals surface area contributed by atoms with Crippen LogP contribution in [0.5, 0.6) is 0 Å². The summed E-state index contributed by atoms with van der Waals surface area (Å²) in [6.45, 7) is 4.46. The molecule has 3 heteroatoms. The number of rotatable bonds is 5. The molecule has 0 spiro atoms. The summed E-state index contributed by atoms with van der Waals surface area (Å²) in [6.07, 6.45) is 11.3. The molecule has 0 aromatic rings. The molecule has 4 rings (SSSR count). The molecular formula is C19H32N2O. The molecule has 0 N–H and O–H groups in total. The SMILES string of the molecule is COC(C)(N=NC(C)C1CC2CCC1C2)C1CC2CCC1C2. The van der Waals surface area contributed by atoms with Gasteiger partial charge in [0.1, 0.15) is 0 Å². The van der Waals surface area contributed by atoms with Crippen LogP contribution in [0.15, 0.2) is 10.2 Å². The first-order valence-electron chi connectivity index (χ1n) is 9.56. The Kier molecular flexibility index (Phi) is 3.83. The third-order valence-electron chi connectivity index (χ3n) is 7.69. The Balaban J connectivity index is 1.43. The smallest absolute Gasteiger partial charge is 0.178 e. The fourth-order valence-corrected chi connectivity index (χ4v) is 6.34. The fraction of sp³-hybridized carbons (Fsp3) is 1.00. The zero-order valence-corrected chi connectivity index (χ0v) is 14.5. The molecule has 0 aromatic heterocycles. The monoisotopic (exact) mass is 304 g/mol. The lowest BCUT2D eigenvalue weighted by atomic mass is 9.82. The van der Waals surface area contributed by atoms with E-state index in [1.54, 1.807) is 0 Å². The maximum absolute atomic E-state index is 5.89. The van der Waals surface area contributed by atoms with Crippen LogP contribution in [0.2, 0.25) is 0 Å². The quantitative estimate of drug-likeness (QED) is 0.653. The van der Waals surface area contributed by atoms with E-state index in [9.17, 15) is 0 Å². The number of nitrogens with zero attached hydrogens (tertiary/aromatic N) is 2. The average Bonchev–Trinajstić information content (AvgIpc) is 3.31. The predicted octanol–water partition coefficient (Wildman–Crippen LogP) is 5.06. The number of ether oxygens (including phenoxy) is 1. The van der Waals surface area contributed by atoms with Crippen molar-refractivity contribution in [3.8, 4) is 0 Å². The van der Waals surface area contributed by atoms with Crippen LogP contribution >= 0.6 is 0 Å². The van der Waals surface area contributed by atoms with Crippen LogP contribution in [-0.4, -0.2) is 18.9 Å². The number of fused-ring (bicyclic) bond motifs is 4. The molecule has 4 bridgehead atoms. The summed E-state index contributed by atoms with van der Waals surface area (Å²) in [5.41, 5.74) is -0.383. The fourth-order valence-electron chi connectivity index (χ4n) is 6.34. The normalized spacial score (nSPS) is 47.4. The highest BCUT2D eigenvalue weighted by atomic mass is 16.5. The van der Waals surface area contributed by atoms with Crippen LogP contribution < -0.4 is 0 Å². The lowest BCUT2D eigenvalue weighted by Gasteiger charge is -2.35. The Bertz CT molecular complexity index is 451. The van der Waals surface area contributed by atoms with Crippen LogP contribution in [0.4, 0.5) is 0 Å². The van der Waals surface area contributed by atoms with Crippen LogP contribution in [0.3, 0.4) is 0 Å². The van der Waals surface area contributed by atoms with Crippen molar-refractivity contribution >= 4 is 0 Å². The maximum Gasteiger partial charge on any atom is 0.178 e. The van der Waals surface area contributed by atoms with Crippen molar-refractivity contribution in [2.45, 2.75) is 77.0 Å². The Morgan fingerprint density at radius 1 is 0.955 bits per heavy atom. The van der Waals surface area contributed by atoms with Crippen LogP contribution in [0, 0.1) is 35.5 Å². The van der Waals surface area contributed by atoms with Gasteiger partial charge in [0.05, 0.1) is 6.04 Å². The number of azo groups is 1. The van der Waals surface area contributed by atoms with Crippen molar-refractivity contribution in [3.63, 3.8) is 0 Å². The zero-order chi connectivity index (χ0) is 15.3. The Labute approximate surface area is 135 Å². The van der Waals surface area contributed by atoms with Gasteiger partial charge >= 0.3 is 0 Å². The molecule has 4 saturated carbocycles. The molecule has 0 amide bonds. The van der Waals surface area contributed by atoms with Gasteiger partial charge in [0, 0.05) is 13.0 Å². The van der Waals surface area contributed by atoms with Crippen molar-refractivity contribution in [1.29, 1.82) is 0 Å². The van der Waals surface area contributed by atoms with Gasteiger partial charge in [-0.2, -0.15) is 10.2 Å². The third kappa shape index (κ3) is 2.44. The topological polar surface area (TPSA) is 34.0 Å². The first kappa shape index (κ1) is 15.1. The van der Waals surface area contributed by atoms with Crippen molar-refractivity contribution < 1.29 is 4.74 Å². The first-order valence-corrected chi connectivity index (χ1v) is 9.56. The highest BCUT2D eigenvalue weighted by Crippen LogP contribution is 2.54. The minimum absolute atomic E-state index is 0.378. The van der Waals surface area contributed by atoms with E-state index in [-0.39, 0.29) is 5.72 Å². The second-order valence-corrected chi connectivity index (χ2v) is 8.83. The van der Waals surface area contributed by atoms with Crippen molar-refractivity contribution in [1.82, 2.24) is 0 Å². The Morgan fingerprint density at radius 3 is 2.14 bits per heavy atom. The van der Waals surface area contributed by atoms with Gasteiger partial charge in [-0.25, -0.2) is 0 Å². The lowest BCUT2D eigenvalue weighted by Crippen LogP contribution is -2.38. The van der Waals surface area contributed by atoms with Gasteiger partial charge in [-0.05, 0) is 82.0 Å². The summed E-state index contributed by atoms with van der Waals surface area (Å²) < 4.78 is 5.89. The standard InChI is InChI=1S/C19H32N2O/c1-12(17-10-13-4-6-15(17)8-13)20-21-19(2,22-3)18-11-14-5-7-16(18)9-14/h12-18H,4-11H2,1-3H3. The molecule has 0 saturated heterocycles. The molecule has 22 heavy (non-hydrogen) atoms. The Morgan fingerprint density at radius 2 is 1.64 bits per heavy atom. The first-order chi connectivity index (χ1) is 10.6. The molecule has 4 aliphatic rings. The van der Waals surface area contributed by atoms with Gasteiger partial charge in [0.15, 0.2) is 5.72 Å². The molecule has 0 heterocycles. The van der Waals surface area contributed by atoms with E-state index in [2.05, 4.69) is 13.8 Å². The van der Waals surface area contributed by atoms with Gasteiger partial charge in [0.2, 0.25) is 0 Å². The van der Waals surface area contributed by atoms with E-state index in [4.69, 9.17) is 15.0 Å². The van der Waals surface area contributed by atoms with Gasteiger partial charge in [0.25, 0.3) is 0 Å². The molecule has 8 atom stereocenters. The van der Waals surface area contributed by atoms with E-state index in [1.807, 2.05) is 7.11 Å². The van der Waals surface area contributed by atoms with E-state index >= 15 is 0 Å². The van der Waals surface area contributed by atoms with E-state index in [0.717, 1.165) is 29.6 Å².